The minimum absolute atomic E-state index is 0.0624. The van der Waals surface area contributed by atoms with Gasteiger partial charge < -0.3 is 15.5 Å². The molecule has 1 aromatic heterocycles. The first-order chi connectivity index (χ1) is 12.4. The molecule has 0 saturated carbocycles. The summed E-state index contributed by atoms with van der Waals surface area (Å²) in [6, 6.07) is 7.63. The summed E-state index contributed by atoms with van der Waals surface area (Å²) in [6.45, 7) is 3.20. The van der Waals surface area contributed by atoms with Crippen molar-refractivity contribution in [3.05, 3.63) is 57.8 Å². The summed E-state index contributed by atoms with van der Waals surface area (Å²) in [5.74, 6) is -0.126. The van der Waals surface area contributed by atoms with Crippen molar-refractivity contribution in [3.8, 4) is 0 Å². The topological polar surface area (TPSA) is 39.7 Å². The summed E-state index contributed by atoms with van der Waals surface area (Å²) in [6.07, 6.45) is 0. The molecule has 0 saturated heterocycles. The fourth-order valence-electron chi connectivity index (χ4n) is 2.71. The summed E-state index contributed by atoms with van der Waals surface area (Å²) in [5.41, 5.74) is 0.0624. The van der Waals surface area contributed by atoms with Crippen LogP contribution in [0.5, 0.6) is 0 Å². The zero-order valence-electron chi connectivity index (χ0n) is 15.6. The molecule has 0 aliphatic carbocycles. The average Bonchev–Trinajstić information content (AvgIpc) is 3.14. The number of guanidine groups is 1. The number of aliphatic imine (C=N–C) groups is 1. The van der Waals surface area contributed by atoms with Crippen molar-refractivity contribution >= 4 is 17.3 Å². The van der Waals surface area contributed by atoms with Crippen LogP contribution in [0, 0.1) is 11.6 Å². The van der Waals surface area contributed by atoms with E-state index in [2.05, 4.69) is 34.0 Å². The van der Waals surface area contributed by atoms with E-state index in [9.17, 15) is 8.78 Å². The summed E-state index contributed by atoms with van der Waals surface area (Å²) >= 11 is 1.72. The first-order valence-electron chi connectivity index (χ1n) is 8.52. The number of hydrogen-bond acceptors (Lipinski definition) is 3. The van der Waals surface area contributed by atoms with Crippen molar-refractivity contribution in [1.82, 2.24) is 15.5 Å². The smallest absolute Gasteiger partial charge is 0.191 e. The number of thiophene rings is 1. The Morgan fingerprint density at radius 2 is 1.77 bits per heavy atom. The predicted molar refractivity (Wildman–Crippen MR) is 105 cm³/mol. The molecule has 0 aliphatic heterocycles. The van der Waals surface area contributed by atoms with Gasteiger partial charge in [-0.05, 0) is 37.7 Å². The van der Waals surface area contributed by atoms with Gasteiger partial charge in [0.25, 0.3) is 0 Å². The molecule has 2 rings (SSSR count). The van der Waals surface area contributed by atoms with E-state index in [-0.39, 0.29) is 5.56 Å². The molecule has 1 aromatic carbocycles. The SMILES string of the molecule is CN=C(NCC(C)c1cccs1)NCC(c1c(F)cccc1F)N(C)C. The van der Waals surface area contributed by atoms with Gasteiger partial charge >= 0.3 is 0 Å². The molecule has 0 fully saturated rings. The predicted octanol–water partition coefficient (Wildman–Crippen LogP) is 3.60. The van der Waals surface area contributed by atoms with Crippen LogP contribution >= 0.6 is 11.3 Å². The first-order valence-corrected chi connectivity index (χ1v) is 9.40. The molecule has 0 bridgehead atoms. The van der Waals surface area contributed by atoms with Crippen molar-refractivity contribution < 1.29 is 8.78 Å². The van der Waals surface area contributed by atoms with E-state index in [0.29, 0.717) is 18.4 Å². The molecule has 0 amide bonds. The zero-order valence-corrected chi connectivity index (χ0v) is 16.4. The van der Waals surface area contributed by atoms with E-state index in [0.717, 1.165) is 6.54 Å². The van der Waals surface area contributed by atoms with E-state index in [1.807, 2.05) is 6.07 Å². The van der Waals surface area contributed by atoms with E-state index in [1.165, 1.54) is 23.1 Å². The van der Waals surface area contributed by atoms with Gasteiger partial charge in [-0.3, -0.25) is 4.99 Å². The van der Waals surface area contributed by atoms with Crippen LogP contribution in [0.4, 0.5) is 8.78 Å². The molecule has 0 spiro atoms. The molecule has 0 radical (unpaired) electrons. The highest BCUT2D eigenvalue weighted by Gasteiger charge is 2.22. The van der Waals surface area contributed by atoms with Gasteiger partial charge in [-0.1, -0.05) is 19.1 Å². The summed E-state index contributed by atoms with van der Waals surface area (Å²) in [7, 11) is 5.28. The maximum absolute atomic E-state index is 14.1. The number of nitrogens with zero attached hydrogens (tertiary/aromatic N) is 2. The Morgan fingerprint density at radius 1 is 1.12 bits per heavy atom. The van der Waals surface area contributed by atoms with E-state index in [1.54, 1.807) is 37.4 Å². The van der Waals surface area contributed by atoms with Gasteiger partial charge in [0.2, 0.25) is 0 Å². The summed E-state index contributed by atoms with van der Waals surface area (Å²) in [4.78, 5) is 7.29. The van der Waals surface area contributed by atoms with Crippen molar-refractivity contribution in [3.63, 3.8) is 0 Å². The number of likely N-dealkylation sites (N-methyl/N-ethyl adjacent to an activating group) is 1. The number of nitrogens with one attached hydrogen (secondary N) is 2. The molecule has 26 heavy (non-hydrogen) atoms. The molecule has 7 heteroatoms. The minimum atomic E-state index is -0.542. The second-order valence-electron chi connectivity index (χ2n) is 6.37. The number of benzene rings is 1. The van der Waals surface area contributed by atoms with Crippen LogP contribution in [0.3, 0.4) is 0 Å². The standard InChI is InChI=1S/C19H26F2N4S/c1-13(17-9-6-10-26-17)11-23-19(22-2)24-12-16(25(3)4)18-14(20)7-5-8-15(18)21/h5-10,13,16H,11-12H2,1-4H3,(H2,22,23,24). The van der Waals surface area contributed by atoms with Crippen LogP contribution in [0.2, 0.25) is 0 Å². The highest BCUT2D eigenvalue weighted by atomic mass is 32.1. The largest absolute Gasteiger partial charge is 0.356 e. The van der Waals surface area contributed by atoms with Crippen LogP contribution in [-0.4, -0.2) is 45.1 Å². The Hall–Kier alpha value is -1.99. The van der Waals surface area contributed by atoms with Crippen LogP contribution in [0.25, 0.3) is 0 Å². The third-order valence-corrected chi connectivity index (χ3v) is 5.35. The molecule has 2 atom stereocenters. The van der Waals surface area contributed by atoms with Crippen molar-refractivity contribution in [2.45, 2.75) is 18.9 Å². The number of hydrogen-bond donors (Lipinski definition) is 2. The lowest BCUT2D eigenvalue weighted by Crippen LogP contribution is -2.43. The fraction of sp³-hybridized carbons (Fsp3) is 0.421. The third-order valence-electron chi connectivity index (χ3n) is 4.25. The fourth-order valence-corrected chi connectivity index (χ4v) is 3.49. The second-order valence-corrected chi connectivity index (χ2v) is 7.34. The van der Waals surface area contributed by atoms with Crippen LogP contribution in [0.1, 0.15) is 29.3 Å². The number of rotatable bonds is 7. The van der Waals surface area contributed by atoms with Crippen molar-refractivity contribution in [2.24, 2.45) is 4.99 Å². The van der Waals surface area contributed by atoms with Gasteiger partial charge in [0.15, 0.2) is 5.96 Å². The van der Waals surface area contributed by atoms with Crippen molar-refractivity contribution in [1.29, 1.82) is 0 Å². The van der Waals surface area contributed by atoms with Crippen LogP contribution in [0.15, 0.2) is 40.7 Å². The Bertz CT molecular complexity index is 696. The lowest BCUT2D eigenvalue weighted by atomic mass is 10.0. The van der Waals surface area contributed by atoms with E-state index >= 15 is 0 Å². The Labute approximate surface area is 157 Å². The lowest BCUT2D eigenvalue weighted by Gasteiger charge is -2.27. The molecule has 2 aromatic rings. The highest BCUT2D eigenvalue weighted by Crippen LogP contribution is 2.24. The Balaban J connectivity index is 1.98. The Kier molecular flexibility index (Phi) is 7.53. The highest BCUT2D eigenvalue weighted by molar-refractivity contribution is 7.10. The van der Waals surface area contributed by atoms with Crippen molar-refractivity contribution in [2.75, 3.05) is 34.2 Å². The Morgan fingerprint density at radius 3 is 2.31 bits per heavy atom. The minimum Gasteiger partial charge on any atom is -0.356 e. The molecular weight excluding hydrogens is 354 g/mol. The zero-order chi connectivity index (χ0) is 19.1. The van der Waals surface area contributed by atoms with Gasteiger partial charge in [-0.25, -0.2) is 8.78 Å². The molecule has 0 aliphatic rings. The lowest BCUT2D eigenvalue weighted by molar-refractivity contribution is 0.282. The van der Waals surface area contributed by atoms with Crippen LogP contribution in [-0.2, 0) is 0 Å². The van der Waals surface area contributed by atoms with E-state index < -0.39 is 17.7 Å². The maximum Gasteiger partial charge on any atom is 0.191 e. The third kappa shape index (κ3) is 5.25. The molecule has 2 unspecified atom stereocenters. The van der Waals surface area contributed by atoms with Gasteiger partial charge in [0, 0.05) is 36.5 Å². The average molecular weight is 381 g/mol. The molecule has 1 heterocycles. The van der Waals surface area contributed by atoms with Gasteiger partial charge in [-0.2, -0.15) is 0 Å². The van der Waals surface area contributed by atoms with Gasteiger partial charge in [0.05, 0.1) is 6.04 Å². The van der Waals surface area contributed by atoms with Gasteiger partial charge in [0.1, 0.15) is 11.6 Å². The number of halogens is 2. The maximum atomic E-state index is 14.1. The van der Waals surface area contributed by atoms with Gasteiger partial charge in [-0.15, -0.1) is 11.3 Å². The first kappa shape index (κ1) is 20.3. The normalized spacial score (nSPS) is 14.3. The summed E-state index contributed by atoms with van der Waals surface area (Å²) in [5, 5.41) is 8.50. The second kappa shape index (κ2) is 9.64. The molecular formula is C19H26F2N4S. The quantitative estimate of drug-likeness (QED) is 0.570. The molecule has 2 N–H and O–H groups in total. The van der Waals surface area contributed by atoms with Crippen LogP contribution < -0.4 is 10.6 Å². The monoisotopic (exact) mass is 380 g/mol. The summed E-state index contributed by atoms with van der Waals surface area (Å²) < 4.78 is 28.3. The molecule has 142 valence electrons. The molecule has 4 nitrogen and oxygen atoms in total. The van der Waals surface area contributed by atoms with E-state index in [4.69, 9.17) is 0 Å².